The molecule has 1 aliphatic heterocycles. The molecule has 0 radical (unpaired) electrons. The monoisotopic (exact) mass is 301 g/mol. The molecule has 0 N–H and O–H groups in total. The van der Waals surface area contributed by atoms with E-state index in [0.29, 0.717) is 0 Å². The molecule has 0 unspecified atom stereocenters. The Morgan fingerprint density at radius 1 is 1.05 bits per heavy atom. The van der Waals surface area contributed by atoms with E-state index in [1.807, 2.05) is 0 Å². The van der Waals surface area contributed by atoms with Gasteiger partial charge in [-0.25, -0.2) is 0 Å². The van der Waals surface area contributed by atoms with Crippen LogP contribution < -0.4 is 4.74 Å². The van der Waals surface area contributed by atoms with E-state index in [4.69, 9.17) is 4.74 Å². The van der Waals surface area contributed by atoms with Gasteiger partial charge < -0.3 is 9.64 Å². The molecule has 0 atom stereocenters. The van der Waals surface area contributed by atoms with Gasteiger partial charge in [0.15, 0.2) is 6.61 Å². The second kappa shape index (κ2) is 6.83. The van der Waals surface area contributed by atoms with Crippen molar-refractivity contribution in [2.45, 2.75) is 31.9 Å². The summed E-state index contributed by atoms with van der Waals surface area (Å²) in [6.45, 7) is 1.33. The molecule has 0 bridgehead atoms. The largest absolute Gasteiger partial charge is 0.484 e. The highest BCUT2D eigenvalue weighted by atomic mass is 19.4. The highest BCUT2D eigenvalue weighted by molar-refractivity contribution is 5.77. The average molecular weight is 301 g/mol. The molecule has 6 heteroatoms. The standard InChI is InChI=1S/C15H18F3NO2/c16-15(17,18)12-5-7-13(8-6-12)21-11-14(20)19-9-3-1-2-4-10-19/h5-8H,1-4,9-11H2. The van der Waals surface area contributed by atoms with Crippen LogP contribution in [0.15, 0.2) is 24.3 Å². The third-order valence-electron chi connectivity index (χ3n) is 3.50. The lowest BCUT2D eigenvalue weighted by atomic mass is 10.2. The first-order valence-corrected chi connectivity index (χ1v) is 7.04. The number of rotatable bonds is 3. The van der Waals surface area contributed by atoms with Crippen LogP contribution in [-0.2, 0) is 11.0 Å². The lowest BCUT2D eigenvalue weighted by Gasteiger charge is -2.20. The van der Waals surface area contributed by atoms with Crippen molar-refractivity contribution in [2.24, 2.45) is 0 Å². The Balaban J connectivity index is 1.86. The SMILES string of the molecule is O=C(COc1ccc(C(F)(F)F)cc1)N1CCCCCC1. The van der Waals surface area contributed by atoms with Crippen LogP contribution in [0.25, 0.3) is 0 Å². The summed E-state index contributed by atoms with van der Waals surface area (Å²) in [6.07, 6.45) is -0.120. The van der Waals surface area contributed by atoms with Crippen molar-refractivity contribution in [3.05, 3.63) is 29.8 Å². The van der Waals surface area contributed by atoms with Crippen molar-refractivity contribution >= 4 is 5.91 Å². The van der Waals surface area contributed by atoms with E-state index in [9.17, 15) is 18.0 Å². The molecule has 1 aromatic rings. The van der Waals surface area contributed by atoms with Crippen molar-refractivity contribution in [2.75, 3.05) is 19.7 Å². The maximum absolute atomic E-state index is 12.4. The zero-order chi connectivity index (χ0) is 15.3. The molecule has 1 aromatic carbocycles. The van der Waals surface area contributed by atoms with Crippen LogP contribution in [0, 0.1) is 0 Å². The Kier molecular flexibility index (Phi) is 5.09. The van der Waals surface area contributed by atoms with E-state index in [1.165, 1.54) is 12.1 Å². The van der Waals surface area contributed by atoms with Crippen molar-refractivity contribution in [1.82, 2.24) is 4.90 Å². The highest BCUT2D eigenvalue weighted by Gasteiger charge is 2.30. The van der Waals surface area contributed by atoms with Crippen LogP contribution in [0.1, 0.15) is 31.2 Å². The van der Waals surface area contributed by atoms with Crippen molar-refractivity contribution in [3.8, 4) is 5.75 Å². The number of halogens is 3. The predicted octanol–water partition coefficient (Wildman–Crippen LogP) is 3.49. The zero-order valence-corrected chi connectivity index (χ0v) is 11.7. The van der Waals surface area contributed by atoms with Crippen molar-refractivity contribution < 1.29 is 22.7 Å². The third kappa shape index (κ3) is 4.65. The van der Waals surface area contributed by atoms with E-state index < -0.39 is 11.7 Å². The first kappa shape index (κ1) is 15.7. The second-order valence-corrected chi connectivity index (χ2v) is 5.11. The normalized spacial score (nSPS) is 16.4. The Labute approximate surface area is 121 Å². The van der Waals surface area contributed by atoms with Gasteiger partial charge in [-0.3, -0.25) is 4.79 Å². The number of amides is 1. The summed E-state index contributed by atoms with van der Waals surface area (Å²) in [6, 6.07) is 4.37. The Morgan fingerprint density at radius 2 is 1.62 bits per heavy atom. The smallest absolute Gasteiger partial charge is 0.416 e. The molecule has 0 spiro atoms. The molecule has 1 saturated heterocycles. The number of likely N-dealkylation sites (tertiary alicyclic amines) is 1. The quantitative estimate of drug-likeness (QED) is 0.855. The Hall–Kier alpha value is -1.72. The molecule has 21 heavy (non-hydrogen) atoms. The number of hydrogen-bond acceptors (Lipinski definition) is 2. The minimum atomic E-state index is -4.36. The molecule has 2 rings (SSSR count). The summed E-state index contributed by atoms with van der Waals surface area (Å²) in [5.74, 6) is 0.156. The van der Waals surface area contributed by atoms with Gasteiger partial charge in [-0.15, -0.1) is 0 Å². The molecule has 3 nitrogen and oxygen atoms in total. The lowest BCUT2D eigenvalue weighted by Crippen LogP contribution is -2.35. The topological polar surface area (TPSA) is 29.5 Å². The molecular weight excluding hydrogens is 283 g/mol. The average Bonchev–Trinajstić information content (AvgIpc) is 2.73. The maximum Gasteiger partial charge on any atom is 0.416 e. The van der Waals surface area contributed by atoms with Gasteiger partial charge in [-0.1, -0.05) is 12.8 Å². The van der Waals surface area contributed by atoms with E-state index >= 15 is 0 Å². The molecule has 0 aliphatic carbocycles. The van der Waals surface area contributed by atoms with Gasteiger partial charge in [0.2, 0.25) is 0 Å². The van der Waals surface area contributed by atoms with Crippen LogP contribution in [0.2, 0.25) is 0 Å². The molecule has 1 aliphatic rings. The second-order valence-electron chi connectivity index (χ2n) is 5.11. The number of benzene rings is 1. The first-order valence-electron chi connectivity index (χ1n) is 7.04. The summed E-state index contributed by atoms with van der Waals surface area (Å²) in [5.41, 5.74) is -0.728. The van der Waals surface area contributed by atoms with Gasteiger partial charge in [-0.05, 0) is 37.1 Å². The van der Waals surface area contributed by atoms with Crippen LogP contribution >= 0.6 is 0 Å². The molecular formula is C15H18F3NO2. The molecule has 1 fully saturated rings. The maximum atomic E-state index is 12.4. The van der Waals surface area contributed by atoms with Gasteiger partial charge in [0, 0.05) is 13.1 Å². The minimum Gasteiger partial charge on any atom is -0.484 e. The van der Waals surface area contributed by atoms with Gasteiger partial charge in [-0.2, -0.15) is 13.2 Å². The summed E-state index contributed by atoms with van der Waals surface area (Å²) in [7, 11) is 0. The first-order chi connectivity index (χ1) is 9.97. The van der Waals surface area contributed by atoms with Gasteiger partial charge in [0.05, 0.1) is 5.56 Å². The Morgan fingerprint density at radius 3 is 2.14 bits per heavy atom. The summed E-state index contributed by atoms with van der Waals surface area (Å²) in [5, 5.41) is 0. The van der Waals surface area contributed by atoms with Crippen LogP contribution in [0.5, 0.6) is 5.75 Å². The summed E-state index contributed by atoms with van der Waals surface area (Å²) >= 11 is 0. The lowest BCUT2D eigenvalue weighted by molar-refractivity contribution is -0.137. The fourth-order valence-electron chi connectivity index (χ4n) is 2.30. The summed E-state index contributed by atoms with van der Waals surface area (Å²) < 4.78 is 42.5. The number of nitrogens with zero attached hydrogens (tertiary/aromatic N) is 1. The number of carbonyl (C=O) groups excluding carboxylic acids is 1. The van der Waals surface area contributed by atoms with Crippen molar-refractivity contribution in [1.29, 1.82) is 0 Å². The fraction of sp³-hybridized carbons (Fsp3) is 0.533. The highest BCUT2D eigenvalue weighted by Crippen LogP contribution is 2.30. The van der Waals surface area contributed by atoms with Gasteiger partial charge in [0.25, 0.3) is 5.91 Å². The van der Waals surface area contributed by atoms with Crippen LogP contribution in [0.3, 0.4) is 0 Å². The van der Waals surface area contributed by atoms with E-state index in [-0.39, 0.29) is 18.3 Å². The molecule has 116 valence electrons. The molecule has 0 saturated carbocycles. The minimum absolute atomic E-state index is 0.114. The fourth-order valence-corrected chi connectivity index (χ4v) is 2.30. The third-order valence-corrected chi connectivity index (χ3v) is 3.50. The van der Waals surface area contributed by atoms with Crippen molar-refractivity contribution in [3.63, 3.8) is 0 Å². The predicted molar refractivity (Wildman–Crippen MR) is 72.0 cm³/mol. The van der Waals surface area contributed by atoms with Gasteiger partial charge in [0.1, 0.15) is 5.75 Å². The number of carbonyl (C=O) groups is 1. The zero-order valence-electron chi connectivity index (χ0n) is 11.7. The van der Waals surface area contributed by atoms with E-state index in [1.54, 1.807) is 4.90 Å². The van der Waals surface area contributed by atoms with E-state index in [0.717, 1.165) is 50.9 Å². The molecule has 1 heterocycles. The van der Waals surface area contributed by atoms with Gasteiger partial charge >= 0.3 is 6.18 Å². The number of hydrogen-bond donors (Lipinski definition) is 0. The molecule has 0 aromatic heterocycles. The van der Waals surface area contributed by atoms with Crippen LogP contribution in [0.4, 0.5) is 13.2 Å². The Bertz CT molecular complexity index is 463. The number of ether oxygens (including phenoxy) is 1. The summed E-state index contributed by atoms with van der Waals surface area (Å²) in [4.78, 5) is 13.7. The number of alkyl halides is 3. The van der Waals surface area contributed by atoms with E-state index in [2.05, 4.69) is 0 Å². The molecule has 1 amide bonds. The van der Waals surface area contributed by atoms with Crippen LogP contribution in [-0.4, -0.2) is 30.5 Å².